The van der Waals surface area contributed by atoms with Crippen LogP contribution in [0.15, 0.2) is 75.9 Å². The summed E-state index contributed by atoms with van der Waals surface area (Å²) in [6.07, 6.45) is 1.56. The van der Waals surface area contributed by atoms with E-state index in [-0.39, 0.29) is 5.56 Å². The SMILES string of the molecule is COc1ccc(-n2cnc3c(sc4nc(C)c(N=Nc5ccccc5)c(C)c43)c2=O)cc1. The molecule has 5 rings (SSSR count). The fraction of sp³-hybridized carbons (Fsp3) is 0.125. The van der Waals surface area contributed by atoms with Gasteiger partial charge in [-0.25, -0.2) is 9.97 Å². The summed E-state index contributed by atoms with van der Waals surface area (Å²) in [5.41, 5.74) is 4.36. The molecule has 0 N–H and O–H groups in total. The molecule has 3 aromatic heterocycles. The Labute approximate surface area is 187 Å². The fourth-order valence-electron chi connectivity index (χ4n) is 3.64. The van der Waals surface area contributed by atoms with E-state index in [1.165, 1.54) is 15.9 Å². The second-order valence-corrected chi connectivity index (χ2v) is 8.28. The van der Waals surface area contributed by atoms with E-state index >= 15 is 0 Å². The number of nitrogens with zero attached hydrogens (tertiary/aromatic N) is 5. The lowest BCUT2D eigenvalue weighted by atomic mass is 10.1. The van der Waals surface area contributed by atoms with Crippen molar-refractivity contribution in [2.24, 2.45) is 10.2 Å². The van der Waals surface area contributed by atoms with Gasteiger partial charge in [-0.2, -0.15) is 5.11 Å². The minimum Gasteiger partial charge on any atom is -0.497 e. The molecule has 0 atom stereocenters. The van der Waals surface area contributed by atoms with Crippen molar-refractivity contribution in [1.29, 1.82) is 0 Å². The summed E-state index contributed by atoms with van der Waals surface area (Å²) in [7, 11) is 1.61. The molecule has 0 saturated carbocycles. The van der Waals surface area contributed by atoms with E-state index in [2.05, 4.69) is 15.2 Å². The van der Waals surface area contributed by atoms with Crippen LogP contribution in [0.5, 0.6) is 5.75 Å². The Balaban J connectivity index is 1.67. The van der Waals surface area contributed by atoms with Gasteiger partial charge >= 0.3 is 0 Å². The quantitative estimate of drug-likeness (QED) is 0.319. The Morgan fingerprint density at radius 3 is 2.47 bits per heavy atom. The van der Waals surface area contributed by atoms with Crippen LogP contribution in [0.2, 0.25) is 0 Å². The minimum absolute atomic E-state index is 0.132. The van der Waals surface area contributed by atoms with Crippen LogP contribution in [-0.4, -0.2) is 21.6 Å². The molecule has 8 heteroatoms. The number of methoxy groups -OCH3 is 1. The smallest absolute Gasteiger partial charge is 0.275 e. The number of azo groups is 1. The van der Waals surface area contributed by atoms with Crippen molar-refractivity contribution in [3.05, 3.63) is 82.5 Å². The van der Waals surface area contributed by atoms with Crippen molar-refractivity contribution >= 4 is 43.1 Å². The maximum atomic E-state index is 13.3. The van der Waals surface area contributed by atoms with Crippen LogP contribution < -0.4 is 10.3 Å². The molecule has 7 nitrogen and oxygen atoms in total. The van der Waals surface area contributed by atoms with Crippen LogP contribution in [-0.2, 0) is 0 Å². The predicted molar refractivity (Wildman–Crippen MR) is 127 cm³/mol. The molecule has 158 valence electrons. The third-order valence-electron chi connectivity index (χ3n) is 5.29. The van der Waals surface area contributed by atoms with Gasteiger partial charge in [0.05, 0.1) is 29.7 Å². The van der Waals surface area contributed by atoms with Crippen LogP contribution in [0.25, 0.3) is 26.1 Å². The first-order chi connectivity index (χ1) is 15.6. The highest BCUT2D eigenvalue weighted by atomic mass is 32.1. The second kappa shape index (κ2) is 7.97. The highest BCUT2D eigenvalue weighted by Crippen LogP contribution is 2.37. The third-order valence-corrected chi connectivity index (χ3v) is 6.36. The number of aromatic nitrogens is 3. The Hall–Kier alpha value is -3.91. The Morgan fingerprint density at radius 2 is 1.75 bits per heavy atom. The van der Waals surface area contributed by atoms with E-state index in [0.29, 0.717) is 15.9 Å². The molecule has 3 heterocycles. The first kappa shape index (κ1) is 20.0. The summed E-state index contributed by atoms with van der Waals surface area (Å²) in [6, 6.07) is 16.8. The van der Waals surface area contributed by atoms with Crippen molar-refractivity contribution in [3.63, 3.8) is 0 Å². The lowest BCUT2D eigenvalue weighted by molar-refractivity contribution is 0.414. The van der Waals surface area contributed by atoms with Crippen LogP contribution in [0.4, 0.5) is 11.4 Å². The molecule has 0 aliphatic carbocycles. The van der Waals surface area contributed by atoms with Gasteiger partial charge in [-0.05, 0) is 55.8 Å². The molecule has 0 bridgehead atoms. The van der Waals surface area contributed by atoms with Crippen LogP contribution >= 0.6 is 11.3 Å². The summed E-state index contributed by atoms with van der Waals surface area (Å²) in [5.74, 6) is 0.727. The number of thiophene rings is 1. The highest BCUT2D eigenvalue weighted by Gasteiger charge is 2.18. The molecule has 0 saturated heterocycles. The first-order valence-corrected chi connectivity index (χ1v) is 10.8. The molecule has 32 heavy (non-hydrogen) atoms. The van der Waals surface area contributed by atoms with Gasteiger partial charge in [0.1, 0.15) is 27.3 Å². The summed E-state index contributed by atoms with van der Waals surface area (Å²) in [5, 5.41) is 9.65. The molecule has 0 fully saturated rings. The van der Waals surface area contributed by atoms with E-state index in [1.54, 1.807) is 13.4 Å². The van der Waals surface area contributed by atoms with Gasteiger partial charge in [-0.15, -0.1) is 16.5 Å². The highest BCUT2D eigenvalue weighted by molar-refractivity contribution is 7.25. The van der Waals surface area contributed by atoms with Gasteiger partial charge in [0.25, 0.3) is 5.56 Å². The first-order valence-electron chi connectivity index (χ1n) is 9.99. The van der Waals surface area contributed by atoms with Crippen LogP contribution in [0.1, 0.15) is 11.3 Å². The molecule has 5 aromatic rings. The largest absolute Gasteiger partial charge is 0.497 e. The van der Waals surface area contributed by atoms with Gasteiger partial charge in [0.15, 0.2) is 0 Å². The van der Waals surface area contributed by atoms with Crippen molar-refractivity contribution in [3.8, 4) is 11.4 Å². The molecule has 0 radical (unpaired) electrons. The molecule has 0 aliphatic rings. The molecule has 2 aromatic carbocycles. The number of rotatable bonds is 4. The number of aryl methyl sites for hydroxylation is 2. The monoisotopic (exact) mass is 441 g/mol. The number of benzene rings is 2. The number of hydrogen-bond acceptors (Lipinski definition) is 7. The molecule has 0 unspecified atom stereocenters. The topological polar surface area (TPSA) is 81.7 Å². The Bertz CT molecular complexity index is 1540. The summed E-state index contributed by atoms with van der Waals surface area (Å²) in [6.45, 7) is 3.87. The molecule has 0 amide bonds. The van der Waals surface area contributed by atoms with Crippen molar-refractivity contribution in [2.75, 3.05) is 7.11 Å². The Morgan fingerprint density at radius 1 is 1.00 bits per heavy atom. The maximum absolute atomic E-state index is 13.3. The predicted octanol–water partition coefficient (Wildman–Crippen LogP) is 6.04. The number of fused-ring (bicyclic) bond motifs is 3. The third kappa shape index (κ3) is 3.34. The van der Waals surface area contributed by atoms with Crippen LogP contribution in [0, 0.1) is 13.8 Å². The van der Waals surface area contributed by atoms with E-state index < -0.39 is 0 Å². The van der Waals surface area contributed by atoms with E-state index in [1.807, 2.05) is 68.4 Å². The molecule has 0 aliphatic heterocycles. The van der Waals surface area contributed by atoms with Crippen molar-refractivity contribution < 1.29 is 4.74 Å². The van der Waals surface area contributed by atoms with Gasteiger partial charge in [-0.3, -0.25) is 9.36 Å². The van der Waals surface area contributed by atoms with Gasteiger partial charge < -0.3 is 4.74 Å². The molecular weight excluding hydrogens is 422 g/mol. The average molecular weight is 442 g/mol. The normalized spacial score (nSPS) is 11.6. The lowest BCUT2D eigenvalue weighted by Gasteiger charge is -2.07. The number of ether oxygens (including phenoxy) is 1. The van der Waals surface area contributed by atoms with E-state index in [9.17, 15) is 4.79 Å². The molecular formula is C24H19N5O2S. The Kier molecular flexibility index (Phi) is 4.99. The zero-order chi connectivity index (χ0) is 22.2. The van der Waals surface area contributed by atoms with E-state index in [4.69, 9.17) is 9.72 Å². The van der Waals surface area contributed by atoms with Crippen molar-refractivity contribution in [2.45, 2.75) is 13.8 Å². The summed E-state index contributed by atoms with van der Waals surface area (Å²) in [4.78, 5) is 23.4. The second-order valence-electron chi connectivity index (χ2n) is 7.28. The zero-order valence-electron chi connectivity index (χ0n) is 17.7. The van der Waals surface area contributed by atoms with Crippen LogP contribution in [0.3, 0.4) is 0 Å². The van der Waals surface area contributed by atoms with Gasteiger partial charge in [0.2, 0.25) is 0 Å². The average Bonchev–Trinajstić information content (AvgIpc) is 3.19. The zero-order valence-corrected chi connectivity index (χ0v) is 18.6. The number of pyridine rings is 1. The summed E-state index contributed by atoms with van der Waals surface area (Å²) >= 11 is 1.35. The fourth-order valence-corrected chi connectivity index (χ4v) is 4.81. The van der Waals surface area contributed by atoms with Gasteiger partial charge in [0, 0.05) is 5.39 Å². The standard InChI is InChI=1S/C24H19N5O2S/c1-14-19-21-22(24(30)29(13-25-21)17-9-11-18(31-3)12-10-17)32-23(19)26-15(2)20(14)28-27-16-7-5-4-6-8-16/h4-13H,1-3H3. The van der Waals surface area contributed by atoms with Crippen molar-refractivity contribution in [1.82, 2.24) is 14.5 Å². The van der Waals surface area contributed by atoms with E-state index in [0.717, 1.165) is 38.6 Å². The van der Waals surface area contributed by atoms with Gasteiger partial charge in [-0.1, -0.05) is 18.2 Å². The summed E-state index contributed by atoms with van der Waals surface area (Å²) < 4.78 is 7.30. The maximum Gasteiger partial charge on any atom is 0.275 e. The number of hydrogen-bond donors (Lipinski definition) is 0. The minimum atomic E-state index is -0.132. The molecule has 0 spiro atoms. The lowest BCUT2D eigenvalue weighted by Crippen LogP contribution is -2.17.